The summed E-state index contributed by atoms with van der Waals surface area (Å²) in [5, 5.41) is 10.3. The Balaban J connectivity index is 1.48. The molecule has 2 fully saturated rings. The number of likely N-dealkylation sites (tertiary alicyclic amines) is 1. The van der Waals surface area contributed by atoms with Gasteiger partial charge in [0.25, 0.3) is 0 Å². The van der Waals surface area contributed by atoms with E-state index in [4.69, 9.17) is 10.5 Å². The Kier molecular flexibility index (Phi) is 7.81. The first-order valence-corrected chi connectivity index (χ1v) is 11.0. The topological polar surface area (TPSA) is 79.0 Å². The van der Waals surface area contributed by atoms with E-state index in [1.807, 2.05) is 30.0 Å². The molecular formula is C20H31N3O3S. The molecule has 1 unspecified atom stereocenters. The van der Waals surface area contributed by atoms with Crippen LogP contribution in [0.3, 0.4) is 0 Å². The minimum Gasteiger partial charge on any atom is -0.491 e. The number of aliphatic hydroxyl groups is 1. The van der Waals surface area contributed by atoms with Crippen molar-refractivity contribution in [2.75, 3.05) is 50.8 Å². The number of hydrogen-bond acceptors (Lipinski definition) is 6. The second-order valence-corrected chi connectivity index (χ2v) is 8.66. The number of para-hydroxylation sites is 1. The molecule has 1 atom stereocenters. The van der Waals surface area contributed by atoms with Gasteiger partial charge in [0.05, 0.1) is 0 Å². The molecule has 0 spiro atoms. The smallest absolute Gasteiger partial charge is 0.220 e. The molecule has 0 aromatic heterocycles. The maximum Gasteiger partial charge on any atom is 0.220 e. The van der Waals surface area contributed by atoms with Gasteiger partial charge < -0.3 is 15.6 Å². The molecule has 27 heavy (non-hydrogen) atoms. The van der Waals surface area contributed by atoms with Crippen molar-refractivity contribution < 1.29 is 14.6 Å². The first-order valence-electron chi connectivity index (χ1n) is 9.82. The summed E-state index contributed by atoms with van der Waals surface area (Å²) in [5.74, 6) is 2.95. The van der Waals surface area contributed by atoms with Crippen LogP contribution in [0.25, 0.3) is 0 Å². The number of aliphatic hydroxyl groups excluding tert-OH is 1. The highest BCUT2D eigenvalue weighted by Gasteiger charge is 2.23. The summed E-state index contributed by atoms with van der Waals surface area (Å²) < 4.78 is 5.96. The molecule has 2 heterocycles. The molecule has 2 saturated heterocycles. The lowest BCUT2D eigenvalue weighted by atomic mass is 9.96. The zero-order chi connectivity index (χ0) is 19.1. The zero-order valence-corrected chi connectivity index (χ0v) is 16.7. The largest absolute Gasteiger partial charge is 0.491 e. The fourth-order valence-electron chi connectivity index (χ4n) is 3.71. The summed E-state index contributed by atoms with van der Waals surface area (Å²) in [6, 6.07) is 8.02. The Labute approximate surface area is 166 Å². The number of piperidine rings is 1. The summed E-state index contributed by atoms with van der Waals surface area (Å²) in [5.41, 5.74) is 6.54. The number of nitrogens with zero attached hydrogens (tertiary/aromatic N) is 2. The number of hydrogen-bond donors (Lipinski definition) is 2. The van der Waals surface area contributed by atoms with Crippen molar-refractivity contribution in [1.82, 2.24) is 9.80 Å². The number of carbonyl (C=O) groups is 1. The monoisotopic (exact) mass is 393 g/mol. The molecular weight excluding hydrogens is 362 g/mol. The Morgan fingerprint density at radius 3 is 2.59 bits per heavy atom. The standard InChI is InChI=1S/C20H31N3O3S/c21-20(25)16-5-7-22(8-6-16)13-17-3-1-2-4-19(17)26-15-18(24)14-23-9-11-27-12-10-23/h1-4,16,18,24H,5-15H2,(H2,21,25). The van der Waals surface area contributed by atoms with Crippen LogP contribution in [0.2, 0.25) is 0 Å². The van der Waals surface area contributed by atoms with E-state index in [2.05, 4.69) is 15.9 Å². The summed E-state index contributed by atoms with van der Waals surface area (Å²) in [6.45, 7) is 5.60. The number of thioether (sulfide) groups is 1. The third-order valence-corrected chi connectivity index (χ3v) is 6.30. The quantitative estimate of drug-likeness (QED) is 0.690. The van der Waals surface area contributed by atoms with E-state index in [1.165, 1.54) is 0 Å². The molecule has 7 heteroatoms. The average molecular weight is 394 g/mol. The van der Waals surface area contributed by atoms with E-state index in [1.54, 1.807) is 0 Å². The number of carbonyl (C=O) groups excluding carboxylic acids is 1. The van der Waals surface area contributed by atoms with Crippen LogP contribution in [0.15, 0.2) is 24.3 Å². The summed E-state index contributed by atoms with van der Waals surface area (Å²) in [7, 11) is 0. The van der Waals surface area contributed by atoms with Gasteiger partial charge in [-0.25, -0.2) is 0 Å². The van der Waals surface area contributed by atoms with Crippen LogP contribution in [0.5, 0.6) is 5.75 Å². The van der Waals surface area contributed by atoms with Crippen molar-refractivity contribution in [3.63, 3.8) is 0 Å². The highest BCUT2D eigenvalue weighted by molar-refractivity contribution is 7.99. The van der Waals surface area contributed by atoms with Crippen molar-refractivity contribution in [3.05, 3.63) is 29.8 Å². The highest BCUT2D eigenvalue weighted by Crippen LogP contribution is 2.24. The van der Waals surface area contributed by atoms with Gasteiger partial charge in [-0.1, -0.05) is 18.2 Å². The van der Waals surface area contributed by atoms with Crippen molar-refractivity contribution >= 4 is 17.7 Å². The highest BCUT2D eigenvalue weighted by atomic mass is 32.2. The first kappa shape index (κ1) is 20.5. The summed E-state index contributed by atoms with van der Waals surface area (Å²) in [6.07, 6.45) is 1.17. The lowest BCUT2D eigenvalue weighted by Crippen LogP contribution is -2.40. The molecule has 3 N–H and O–H groups in total. The Morgan fingerprint density at radius 1 is 1.19 bits per heavy atom. The third-order valence-electron chi connectivity index (χ3n) is 5.36. The lowest BCUT2D eigenvalue weighted by Gasteiger charge is -2.31. The number of primary amides is 1. The fourth-order valence-corrected chi connectivity index (χ4v) is 4.69. The third kappa shape index (κ3) is 6.38. The van der Waals surface area contributed by atoms with Crippen LogP contribution in [0, 0.1) is 5.92 Å². The van der Waals surface area contributed by atoms with Crippen LogP contribution < -0.4 is 10.5 Å². The van der Waals surface area contributed by atoms with Crippen LogP contribution in [-0.4, -0.2) is 77.8 Å². The lowest BCUT2D eigenvalue weighted by molar-refractivity contribution is -0.123. The van der Waals surface area contributed by atoms with Crippen LogP contribution in [-0.2, 0) is 11.3 Å². The minimum atomic E-state index is -0.479. The molecule has 6 nitrogen and oxygen atoms in total. The van der Waals surface area contributed by atoms with Gasteiger partial charge in [-0.3, -0.25) is 14.6 Å². The SMILES string of the molecule is NC(=O)C1CCN(Cc2ccccc2OCC(O)CN2CCSCC2)CC1. The molecule has 0 saturated carbocycles. The zero-order valence-electron chi connectivity index (χ0n) is 15.9. The molecule has 1 aromatic rings. The second-order valence-electron chi connectivity index (χ2n) is 7.44. The Morgan fingerprint density at radius 2 is 1.89 bits per heavy atom. The van der Waals surface area contributed by atoms with E-state index >= 15 is 0 Å². The van der Waals surface area contributed by atoms with Gasteiger partial charge in [0.15, 0.2) is 0 Å². The molecule has 0 radical (unpaired) electrons. The van der Waals surface area contributed by atoms with Gasteiger partial charge in [-0.15, -0.1) is 0 Å². The van der Waals surface area contributed by atoms with Gasteiger partial charge in [0.2, 0.25) is 5.91 Å². The Hall–Kier alpha value is -1.28. The predicted octanol–water partition coefficient (Wildman–Crippen LogP) is 1.17. The summed E-state index contributed by atoms with van der Waals surface area (Å²) >= 11 is 1.97. The van der Waals surface area contributed by atoms with Gasteiger partial charge >= 0.3 is 0 Å². The van der Waals surface area contributed by atoms with E-state index in [-0.39, 0.29) is 11.8 Å². The van der Waals surface area contributed by atoms with E-state index in [0.717, 1.165) is 68.4 Å². The molecule has 1 aromatic carbocycles. The molecule has 150 valence electrons. The number of nitrogens with two attached hydrogens (primary N) is 1. The van der Waals surface area contributed by atoms with Gasteiger partial charge in [-0.2, -0.15) is 11.8 Å². The fraction of sp³-hybridized carbons (Fsp3) is 0.650. The van der Waals surface area contributed by atoms with Gasteiger partial charge in [0, 0.05) is 49.2 Å². The normalized spacial score (nSPS) is 21.1. The molecule has 3 rings (SSSR count). The van der Waals surface area contributed by atoms with Gasteiger partial charge in [0.1, 0.15) is 18.5 Å². The first-order chi connectivity index (χ1) is 13.1. The Bertz CT molecular complexity index is 602. The number of β-amino-alcohol motifs (C(OH)–C–C–N with tert-alkyl or cyclic N) is 1. The number of amides is 1. The minimum absolute atomic E-state index is 0.0103. The maximum absolute atomic E-state index is 11.3. The van der Waals surface area contributed by atoms with Crippen molar-refractivity contribution in [3.8, 4) is 5.75 Å². The van der Waals surface area contributed by atoms with Crippen molar-refractivity contribution in [1.29, 1.82) is 0 Å². The molecule has 1 amide bonds. The maximum atomic E-state index is 11.3. The number of rotatable bonds is 8. The van der Waals surface area contributed by atoms with Crippen molar-refractivity contribution in [2.45, 2.75) is 25.5 Å². The molecule has 2 aliphatic rings. The molecule has 0 aliphatic carbocycles. The van der Waals surface area contributed by atoms with E-state index in [9.17, 15) is 9.90 Å². The second kappa shape index (κ2) is 10.3. The molecule has 2 aliphatic heterocycles. The average Bonchev–Trinajstić information content (AvgIpc) is 2.68. The predicted molar refractivity (Wildman–Crippen MR) is 109 cm³/mol. The number of ether oxygens (including phenoxy) is 1. The van der Waals surface area contributed by atoms with E-state index < -0.39 is 6.10 Å². The van der Waals surface area contributed by atoms with Crippen LogP contribution in [0.4, 0.5) is 0 Å². The van der Waals surface area contributed by atoms with Crippen molar-refractivity contribution in [2.24, 2.45) is 11.7 Å². The number of benzene rings is 1. The van der Waals surface area contributed by atoms with Gasteiger partial charge in [-0.05, 0) is 32.0 Å². The van der Waals surface area contributed by atoms with Crippen LogP contribution in [0.1, 0.15) is 18.4 Å². The molecule has 0 bridgehead atoms. The van der Waals surface area contributed by atoms with Crippen LogP contribution >= 0.6 is 11.8 Å². The summed E-state index contributed by atoms with van der Waals surface area (Å²) in [4.78, 5) is 16.0. The van der Waals surface area contributed by atoms with E-state index in [0.29, 0.717) is 13.2 Å².